The maximum atomic E-state index is 14.7. The summed E-state index contributed by atoms with van der Waals surface area (Å²) >= 11 is 0. The van der Waals surface area contributed by atoms with Crippen LogP contribution in [-0.4, -0.2) is 39.3 Å². The van der Waals surface area contributed by atoms with E-state index in [0.29, 0.717) is 40.8 Å². The molecule has 47 heavy (non-hydrogen) atoms. The lowest BCUT2D eigenvalue weighted by Crippen LogP contribution is -2.37. The zero-order chi connectivity index (χ0) is 33.0. The Kier molecular flexibility index (Phi) is 9.51. The second kappa shape index (κ2) is 13.9. The number of anilines is 1. The van der Waals surface area contributed by atoms with Crippen LogP contribution in [0, 0.1) is 0 Å². The summed E-state index contributed by atoms with van der Waals surface area (Å²) in [5, 5.41) is 5.30. The number of nitrogens with one attached hydrogen (secondary N) is 1. The number of rotatable bonds is 13. The number of carbonyl (C=O) groups excluding carboxylic acids is 1. The number of esters is 1. The van der Waals surface area contributed by atoms with Crippen LogP contribution < -0.4 is 20.1 Å². The molecule has 3 N–H and O–H groups in total. The molecular formula is C35H36N5O6P. The molecule has 0 saturated carbocycles. The standard InChI is InChI=1S/C35H36N5O6P/c1-4-43-22-31-38-32-33(28-18-10-11-19-29(28)37-34(32)36)40(31)21-23(2)45-47(42,39-24(3)35(41)44-26-15-6-5-7-16-26)46-30-20-12-14-25-13-8-9-17-27(25)30/h5-20,23-24H,4,21-22H2,1-3H3,(H2,36,37)(H,39,42)/t23-,24+,47?/m1/s1. The van der Waals surface area contributed by atoms with E-state index in [1.54, 1.807) is 50.2 Å². The number of hydrogen-bond acceptors (Lipinski definition) is 9. The average Bonchev–Trinajstić information content (AvgIpc) is 3.42. The van der Waals surface area contributed by atoms with Crippen molar-refractivity contribution < 1.29 is 27.9 Å². The first-order valence-corrected chi connectivity index (χ1v) is 16.9. The van der Waals surface area contributed by atoms with E-state index in [1.165, 1.54) is 0 Å². The summed E-state index contributed by atoms with van der Waals surface area (Å²) < 4.78 is 40.3. The molecule has 0 spiro atoms. The quantitative estimate of drug-likeness (QED) is 0.0758. The van der Waals surface area contributed by atoms with Crippen molar-refractivity contribution in [3.63, 3.8) is 0 Å². The molecule has 3 atom stereocenters. The molecule has 0 aliphatic carbocycles. The van der Waals surface area contributed by atoms with E-state index in [0.717, 1.165) is 21.7 Å². The molecule has 12 heteroatoms. The zero-order valence-corrected chi connectivity index (χ0v) is 27.2. The number of nitrogen functional groups attached to an aromatic ring is 1. The van der Waals surface area contributed by atoms with E-state index in [1.807, 2.05) is 72.2 Å². The smallest absolute Gasteiger partial charge is 0.425 e. The van der Waals surface area contributed by atoms with Crippen molar-refractivity contribution in [1.82, 2.24) is 19.6 Å². The van der Waals surface area contributed by atoms with Crippen LogP contribution in [0.3, 0.4) is 0 Å². The molecule has 4 aromatic carbocycles. The minimum atomic E-state index is -4.24. The lowest BCUT2D eigenvalue weighted by atomic mass is 10.1. The number of fused-ring (bicyclic) bond motifs is 4. The fraction of sp³-hybridized carbons (Fsp3) is 0.229. The van der Waals surface area contributed by atoms with Crippen LogP contribution in [0.25, 0.3) is 32.7 Å². The van der Waals surface area contributed by atoms with Crippen molar-refractivity contribution >= 4 is 52.2 Å². The maximum Gasteiger partial charge on any atom is 0.459 e. The summed E-state index contributed by atoms with van der Waals surface area (Å²) in [6.07, 6.45) is -0.716. The van der Waals surface area contributed by atoms with Gasteiger partial charge in [0.15, 0.2) is 5.82 Å². The molecule has 0 bridgehead atoms. The second-order valence-electron chi connectivity index (χ2n) is 11.1. The summed E-state index contributed by atoms with van der Waals surface area (Å²) in [4.78, 5) is 22.4. The summed E-state index contributed by atoms with van der Waals surface area (Å²) in [5.41, 5.74) is 8.37. The number of nitrogens with zero attached hydrogens (tertiary/aromatic N) is 3. The fourth-order valence-electron chi connectivity index (χ4n) is 5.40. The molecule has 242 valence electrons. The Balaban J connectivity index is 1.34. The minimum Gasteiger partial charge on any atom is -0.425 e. The first-order valence-electron chi connectivity index (χ1n) is 15.4. The van der Waals surface area contributed by atoms with E-state index in [-0.39, 0.29) is 13.2 Å². The Morgan fingerprint density at radius 1 is 0.915 bits per heavy atom. The van der Waals surface area contributed by atoms with E-state index in [4.69, 9.17) is 29.2 Å². The third kappa shape index (κ3) is 7.13. The van der Waals surface area contributed by atoms with E-state index in [9.17, 15) is 9.36 Å². The highest BCUT2D eigenvalue weighted by Gasteiger charge is 2.35. The fourth-order valence-corrected chi connectivity index (χ4v) is 7.09. The van der Waals surface area contributed by atoms with E-state index >= 15 is 0 Å². The molecule has 6 rings (SSSR count). The molecule has 0 amide bonds. The van der Waals surface area contributed by atoms with Gasteiger partial charge >= 0.3 is 13.7 Å². The summed E-state index contributed by atoms with van der Waals surface area (Å²) in [6.45, 7) is 6.14. The summed E-state index contributed by atoms with van der Waals surface area (Å²) in [7, 11) is -4.24. The lowest BCUT2D eigenvalue weighted by Gasteiger charge is -2.26. The Hall–Kier alpha value is -4.80. The zero-order valence-electron chi connectivity index (χ0n) is 26.3. The van der Waals surface area contributed by atoms with Gasteiger partial charge in [0.25, 0.3) is 0 Å². The van der Waals surface area contributed by atoms with Gasteiger partial charge in [-0.1, -0.05) is 72.8 Å². The number of benzene rings is 4. The number of pyridine rings is 1. The minimum absolute atomic E-state index is 0.208. The molecule has 0 saturated heterocycles. The number of nitrogens with two attached hydrogens (primary N) is 1. The van der Waals surface area contributed by atoms with Crippen molar-refractivity contribution in [3.05, 3.63) is 103 Å². The molecule has 0 fully saturated rings. The third-order valence-corrected chi connectivity index (χ3v) is 9.30. The lowest BCUT2D eigenvalue weighted by molar-refractivity contribution is -0.136. The monoisotopic (exact) mass is 653 g/mol. The van der Waals surface area contributed by atoms with Gasteiger partial charge in [-0.3, -0.25) is 4.52 Å². The molecule has 2 aromatic heterocycles. The molecular weight excluding hydrogens is 617 g/mol. The van der Waals surface area contributed by atoms with Crippen LogP contribution in [0.4, 0.5) is 5.82 Å². The highest BCUT2D eigenvalue weighted by Crippen LogP contribution is 2.48. The number of aromatic nitrogens is 3. The molecule has 11 nitrogen and oxygen atoms in total. The Labute approximate surface area is 272 Å². The maximum absolute atomic E-state index is 14.7. The Bertz CT molecular complexity index is 2080. The molecule has 6 aromatic rings. The first kappa shape index (κ1) is 32.2. The second-order valence-corrected chi connectivity index (χ2v) is 12.7. The van der Waals surface area contributed by atoms with Crippen LogP contribution in [0.5, 0.6) is 11.5 Å². The number of imidazole rings is 1. The topological polar surface area (TPSA) is 140 Å². The van der Waals surface area contributed by atoms with Crippen molar-refractivity contribution in [1.29, 1.82) is 0 Å². The van der Waals surface area contributed by atoms with Crippen LogP contribution in [0.2, 0.25) is 0 Å². The van der Waals surface area contributed by atoms with Gasteiger partial charge in [0, 0.05) is 17.4 Å². The first-order chi connectivity index (χ1) is 22.7. The number of ether oxygens (including phenoxy) is 2. The third-order valence-electron chi connectivity index (χ3n) is 7.52. The van der Waals surface area contributed by atoms with Gasteiger partial charge in [-0.2, -0.15) is 5.09 Å². The largest absolute Gasteiger partial charge is 0.459 e. The van der Waals surface area contributed by atoms with E-state index < -0.39 is 25.9 Å². The SMILES string of the molecule is CCOCc1nc2c(N)nc3ccccc3c2n1C[C@@H](C)OP(=O)(N[C@@H](C)C(=O)Oc1ccccc1)Oc1cccc2ccccc12. The van der Waals surface area contributed by atoms with Gasteiger partial charge < -0.3 is 24.3 Å². The Morgan fingerprint density at radius 2 is 1.62 bits per heavy atom. The van der Waals surface area contributed by atoms with Crippen LogP contribution in [0.1, 0.15) is 26.6 Å². The number of hydrogen-bond donors (Lipinski definition) is 2. The van der Waals surface area contributed by atoms with Crippen molar-refractivity contribution in [2.24, 2.45) is 0 Å². The predicted octanol–water partition coefficient (Wildman–Crippen LogP) is 7.03. The van der Waals surface area contributed by atoms with Crippen molar-refractivity contribution in [2.45, 2.75) is 46.1 Å². The molecule has 2 heterocycles. The van der Waals surface area contributed by atoms with Gasteiger partial charge in [-0.15, -0.1) is 0 Å². The van der Waals surface area contributed by atoms with Gasteiger partial charge in [-0.25, -0.2) is 19.3 Å². The van der Waals surface area contributed by atoms with E-state index in [2.05, 4.69) is 10.1 Å². The molecule has 1 unspecified atom stereocenters. The van der Waals surface area contributed by atoms with Crippen LogP contribution >= 0.6 is 7.75 Å². The van der Waals surface area contributed by atoms with Crippen LogP contribution in [0.15, 0.2) is 97.1 Å². The molecule has 0 aliphatic rings. The molecule has 0 aliphatic heterocycles. The van der Waals surface area contributed by atoms with Crippen LogP contribution in [-0.2, 0) is 31.8 Å². The Morgan fingerprint density at radius 3 is 2.40 bits per heavy atom. The molecule has 0 radical (unpaired) electrons. The number of carbonyl (C=O) groups is 1. The van der Waals surface area contributed by atoms with Crippen molar-refractivity contribution in [3.8, 4) is 11.5 Å². The van der Waals surface area contributed by atoms with Gasteiger partial charge in [0.2, 0.25) is 0 Å². The highest BCUT2D eigenvalue weighted by molar-refractivity contribution is 7.52. The highest BCUT2D eigenvalue weighted by atomic mass is 31.2. The van der Waals surface area contributed by atoms with Crippen molar-refractivity contribution in [2.75, 3.05) is 12.3 Å². The predicted molar refractivity (Wildman–Crippen MR) is 182 cm³/mol. The van der Waals surface area contributed by atoms with Gasteiger partial charge in [0.05, 0.1) is 23.7 Å². The summed E-state index contributed by atoms with van der Waals surface area (Å²) in [5.74, 6) is 0.953. The number of para-hydroxylation sites is 2. The average molecular weight is 654 g/mol. The van der Waals surface area contributed by atoms with Gasteiger partial charge in [-0.05, 0) is 50.4 Å². The van der Waals surface area contributed by atoms with Gasteiger partial charge in [0.1, 0.15) is 35.5 Å². The summed E-state index contributed by atoms with van der Waals surface area (Å²) in [6, 6.07) is 28.3. The normalized spacial score (nSPS) is 14.2.